The predicted molar refractivity (Wildman–Crippen MR) is 228 cm³/mol. The van der Waals surface area contributed by atoms with Gasteiger partial charge in [0.25, 0.3) is 23.6 Å². The molecule has 0 saturated heterocycles. The van der Waals surface area contributed by atoms with Crippen LogP contribution in [0.25, 0.3) is 0 Å². The minimum absolute atomic E-state index is 0.00577. The molecule has 3 N–H and O–H groups in total. The highest BCUT2D eigenvalue weighted by Gasteiger charge is 2.45. The summed E-state index contributed by atoms with van der Waals surface area (Å²) in [6.07, 6.45) is -0.423. The van der Waals surface area contributed by atoms with Gasteiger partial charge in [-0.1, -0.05) is 24.3 Å². The zero-order valence-electron chi connectivity index (χ0n) is 34.6. The number of sulfone groups is 2. The summed E-state index contributed by atoms with van der Waals surface area (Å²) < 4.78 is 78.3. The minimum Gasteiger partial charge on any atom is -0.493 e. The van der Waals surface area contributed by atoms with Gasteiger partial charge in [-0.05, 0) is 79.9 Å². The van der Waals surface area contributed by atoms with Gasteiger partial charge < -0.3 is 30.0 Å². The van der Waals surface area contributed by atoms with Crippen molar-refractivity contribution in [2.75, 3.05) is 61.5 Å². The molecule has 2 aliphatic heterocycles. The zero-order chi connectivity index (χ0) is 45.1. The number of hydrogen-bond donors (Lipinski definition) is 2. The Morgan fingerprint density at radius 3 is 1.53 bits per heavy atom. The van der Waals surface area contributed by atoms with E-state index in [-0.39, 0.29) is 69.5 Å². The first-order valence-corrected chi connectivity index (χ1v) is 23.2. The van der Waals surface area contributed by atoms with Crippen LogP contribution >= 0.6 is 0 Å². The van der Waals surface area contributed by atoms with E-state index in [1.807, 2.05) is 0 Å². The van der Waals surface area contributed by atoms with Gasteiger partial charge in [-0.2, -0.15) is 0 Å². The molecule has 6 rings (SSSR count). The number of nitrogen functional groups attached to an aromatic ring is 1. The van der Waals surface area contributed by atoms with Gasteiger partial charge in [0.15, 0.2) is 42.7 Å². The number of amides is 5. The second-order valence-electron chi connectivity index (χ2n) is 14.4. The SMILES string of the molecule is CCOc1cc(C(CS(=O)(=O)CCCS(=O)(=O)CC(c2ccc(OC)c(OCC)c2)N2C(=O)c3cccc(NC(C)=O)c3C2=O)N2C(=O)c3cccc(N)c3C2=O)ccc1OC. The van der Waals surface area contributed by atoms with Crippen molar-refractivity contribution >= 4 is 60.6 Å². The monoisotopic (exact) mass is 890 g/mol. The number of nitrogens with two attached hydrogens (primary N) is 1. The maximum absolute atomic E-state index is 14.1. The number of imide groups is 2. The van der Waals surface area contributed by atoms with Crippen LogP contribution in [0.1, 0.15) is 91.8 Å². The quantitative estimate of drug-likeness (QED) is 0.0965. The molecule has 2 unspecified atom stereocenters. The van der Waals surface area contributed by atoms with E-state index in [0.29, 0.717) is 11.5 Å². The first kappa shape index (κ1) is 45.1. The molecule has 0 aliphatic carbocycles. The van der Waals surface area contributed by atoms with Crippen LogP contribution in [0.3, 0.4) is 0 Å². The lowest BCUT2D eigenvalue weighted by Gasteiger charge is -2.28. The molecular weight excluding hydrogens is 845 g/mol. The molecule has 0 fully saturated rings. The Hall–Kier alpha value is -6.47. The molecule has 62 heavy (non-hydrogen) atoms. The normalized spacial score (nSPS) is 14.7. The number of nitrogens with zero attached hydrogens (tertiary/aromatic N) is 2. The number of benzene rings is 4. The Kier molecular flexibility index (Phi) is 13.3. The van der Waals surface area contributed by atoms with E-state index in [0.717, 1.165) is 9.80 Å². The standard InChI is InChI=1S/C43H46N4O13S2/c1-6-59-36-21-26(15-17-34(36)57-4)32(46-40(49)28-11-8-13-30(44)38(28)42(46)51)23-61(53,54)19-10-20-62(55,56)24-33(27-16-18-35(58-5)37(22-27)60-7-2)47-41(50)29-12-9-14-31(45-25(3)48)39(29)43(47)52/h8-9,11-18,21-22,32-33H,6-7,10,19-20,23-24,44H2,1-5H3,(H,45,48). The Morgan fingerprint density at radius 1 is 0.645 bits per heavy atom. The van der Waals surface area contributed by atoms with Gasteiger partial charge in [0.05, 0.1) is 90.5 Å². The van der Waals surface area contributed by atoms with Crippen molar-refractivity contribution < 1.29 is 59.8 Å². The van der Waals surface area contributed by atoms with E-state index in [1.54, 1.807) is 13.8 Å². The van der Waals surface area contributed by atoms with E-state index in [9.17, 15) is 40.8 Å². The molecule has 0 saturated carbocycles. The summed E-state index contributed by atoms with van der Waals surface area (Å²) in [4.78, 5) is 69.3. The predicted octanol–water partition coefficient (Wildman–Crippen LogP) is 4.64. The Bertz CT molecular complexity index is 2680. The number of methoxy groups -OCH3 is 2. The van der Waals surface area contributed by atoms with E-state index in [4.69, 9.17) is 24.7 Å². The molecule has 0 bridgehead atoms. The molecule has 2 heterocycles. The second-order valence-corrected chi connectivity index (χ2v) is 18.9. The summed E-state index contributed by atoms with van der Waals surface area (Å²) in [5, 5.41) is 2.55. The number of ether oxygens (including phenoxy) is 4. The summed E-state index contributed by atoms with van der Waals surface area (Å²) >= 11 is 0. The van der Waals surface area contributed by atoms with Crippen LogP contribution in [0.5, 0.6) is 23.0 Å². The molecule has 2 atom stereocenters. The van der Waals surface area contributed by atoms with Crippen LogP contribution in [0.2, 0.25) is 0 Å². The lowest BCUT2D eigenvalue weighted by atomic mass is 10.1. The van der Waals surface area contributed by atoms with Crippen molar-refractivity contribution in [3.05, 3.63) is 106 Å². The largest absolute Gasteiger partial charge is 0.493 e. The van der Waals surface area contributed by atoms with Gasteiger partial charge in [-0.3, -0.25) is 33.8 Å². The summed E-state index contributed by atoms with van der Waals surface area (Å²) in [6, 6.07) is 14.9. The van der Waals surface area contributed by atoms with Crippen LogP contribution < -0.4 is 30.0 Å². The van der Waals surface area contributed by atoms with Crippen molar-refractivity contribution in [2.45, 2.75) is 39.3 Å². The van der Waals surface area contributed by atoms with Gasteiger partial charge in [-0.15, -0.1) is 0 Å². The van der Waals surface area contributed by atoms with Gasteiger partial charge in [-0.25, -0.2) is 16.8 Å². The Morgan fingerprint density at radius 2 is 1.10 bits per heavy atom. The first-order valence-electron chi connectivity index (χ1n) is 19.5. The molecule has 19 heteroatoms. The third-order valence-corrected chi connectivity index (χ3v) is 13.8. The average Bonchev–Trinajstić information content (AvgIpc) is 3.63. The molecule has 5 amide bonds. The van der Waals surface area contributed by atoms with E-state index < -0.39 is 90.7 Å². The van der Waals surface area contributed by atoms with Crippen molar-refractivity contribution in [3.63, 3.8) is 0 Å². The van der Waals surface area contributed by atoms with Gasteiger partial charge in [0.1, 0.15) is 0 Å². The van der Waals surface area contributed by atoms with Gasteiger partial charge >= 0.3 is 0 Å². The average molecular weight is 891 g/mol. The van der Waals surface area contributed by atoms with Crippen LogP contribution in [0.4, 0.5) is 11.4 Å². The number of rotatable bonds is 19. The number of nitrogens with one attached hydrogen (secondary N) is 1. The van der Waals surface area contributed by atoms with Gasteiger partial charge in [0, 0.05) is 12.6 Å². The number of fused-ring (bicyclic) bond motifs is 2. The highest BCUT2D eigenvalue weighted by atomic mass is 32.2. The fourth-order valence-electron chi connectivity index (χ4n) is 7.62. The number of hydrogen-bond acceptors (Lipinski definition) is 14. The van der Waals surface area contributed by atoms with Crippen LogP contribution in [-0.2, 0) is 24.5 Å². The molecular formula is C43H46N4O13S2. The fourth-order valence-corrected chi connectivity index (χ4v) is 10.9. The third kappa shape index (κ3) is 9.08. The first-order chi connectivity index (χ1) is 29.4. The number of anilines is 2. The van der Waals surface area contributed by atoms with Crippen molar-refractivity contribution in [2.24, 2.45) is 0 Å². The Balaban J connectivity index is 1.28. The topological polar surface area (TPSA) is 235 Å². The molecule has 0 aromatic heterocycles. The van der Waals surface area contributed by atoms with Gasteiger partial charge in [0.2, 0.25) is 5.91 Å². The number of carbonyl (C=O) groups is 5. The highest BCUT2D eigenvalue weighted by Crippen LogP contribution is 2.40. The summed E-state index contributed by atoms with van der Waals surface area (Å²) in [5.41, 5.74) is 6.42. The van der Waals surface area contributed by atoms with Crippen LogP contribution in [0, 0.1) is 0 Å². The third-order valence-electron chi connectivity index (χ3n) is 10.3. The van der Waals surface area contributed by atoms with Crippen molar-refractivity contribution in [3.8, 4) is 23.0 Å². The number of carbonyl (C=O) groups excluding carboxylic acids is 5. The fraction of sp³-hybridized carbons (Fsp3) is 0.326. The zero-order valence-corrected chi connectivity index (χ0v) is 36.3. The smallest absolute Gasteiger partial charge is 0.264 e. The van der Waals surface area contributed by atoms with E-state index in [2.05, 4.69) is 5.32 Å². The van der Waals surface area contributed by atoms with Crippen molar-refractivity contribution in [1.82, 2.24) is 9.80 Å². The van der Waals surface area contributed by atoms with Crippen molar-refractivity contribution in [1.29, 1.82) is 0 Å². The lowest BCUT2D eigenvalue weighted by Crippen LogP contribution is -2.39. The summed E-state index contributed by atoms with van der Waals surface area (Å²) in [5.74, 6) is -5.58. The molecule has 0 radical (unpaired) electrons. The highest BCUT2D eigenvalue weighted by molar-refractivity contribution is 7.92. The summed E-state index contributed by atoms with van der Waals surface area (Å²) in [7, 11) is -5.71. The molecule has 328 valence electrons. The minimum atomic E-state index is -4.28. The molecule has 0 spiro atoms. The lowest BCUT2D eigenvalue weighted by molar-refractivity contribution is -0.114. The maximum Gasteiger partial charge on any atom is 0.264 e. The molecule has 4 aromatic rings. The molecule has 4 aromatic carbocycles. The second kappa shape index (κ2) is 18.3. The Labute approximate surface area is 358 Å². The van der Waals surface area contributed by atoms with Crippen LogP contribution in [-0.4, -0.2) is 107 Å². The maximum atomic E-state index is 14.1. The van der Waals surface area contributed by atoms with Crippen LogP contribution in [0.15, 0.2) is 72.8 Å². The molecule has 2 aliphatic rings. The summed E-state index contributed by atoms with van der Waals surface area (Å²) in [6.45, 7) is 5.12. The van der Waals surface area contributed by atoms with E-state index in [1.165, 1.54) is 93.9 Å². The molecule has 17 nitrogen and oxygen atoms in total. The van der Waals surface area contributed by atoms with E-state index >= 15 is 0 Å².